The van der Waals surface area contributed by atoms with Gasteiger partial charge >= 0.3 is 0 Å². The Bertz CT molecular complexity index is 765. The van der Waals surface area contributed by atoms with Gasteiger partial charge in [-0.25, -0.2) is 13.1 Å². The standard InChI is InChI=1S/C15H20N2O4S/c1-3-7-17-22(19,20)13-4-5-15-14(9-13)12(10-21-15)6-8-16-11(2)18/h4-5,9-10,17H,3,6-8H2,1-2H3,(H,16,18). The van der Waals surface area contributed by atoms with Crippen molar-refractivity contribution >= 4 is 26.9 Å². The van der Waals surface area contributed by atoms with Crippen LogP contribution in [0.3, 0.4) is 0 Å². The lowest BCUT2D eigenvalue weighted by atomic mass is 10.1. The first-order chi connectivity index (χ1) is 10.4. The number of fused-ring (bicyclic) bond motifs is 1. The highest BCUT2D eigenvalue weighted by Gasteiger charge is 2.15. The molecule has 0 aliphatic carbocycles. The lowest BCUT2D eigenvalue weighted by molar-refractivity contribution is -0.118. The quantitative estimate of drug-likeness (QED) is 0.813. The third kappa shape index (κ3) is 3.86. The Kier molecular flexibility index (Phi) is 5.20. The van der Waals surface area contributed by atoms with E-state index >= 15 is 0 Å². The Morgan fingerprint density at radius 3 is 2.73 bits per heavy atom. The van der Waals surface area contributed by atoms with Gasteiger partial charge in [0, 0.05) is 25.4 Å². The summed E-state index contributed by atoms with van der Waals surface area (Å²) >= 11 is 0. The van der Waals surface area contributed by atoms with E-state index in [1.807, 2.05) is 6.92 Å². The van der Waals surface area contributed by atoms with Crippen LogP contribution in [0.5, 0.6) is 0 Å². The summed E-state index contributed by atoms with van der Waals surface area (Å²) in [5.41, 5.74) is 1.50. The van der Waals surface area contributed by atoms with Crippen LogP contribution in [0.4, 0.5) is 0 Å². The van der Waals surface area contributed by atoms with Crippen LogP contribution in [-0.2, 0) is 21.2 Å². The molecule has 0 spiro atoms. The predicted octanol–water partition coefficient (Wildman–Crippen LogP) is 1.80. The summed E-state index contributed by atoms with van der Waals surface area (Å²) in [4.78, 5) is 11.1. The second-order valence-electron chi connectivity index (χ2n) is 5.05. The molecule has 7 heteroatoms. The molecular formula is C15H20N2O4S. The van der Waals surface area contributed by atoms with Crippen molar-refractivity contribution in [2.75, 3.05) is 13.1 Å². The number of sulfonamides is 1. The molecule has 0 aliphatic rings. The molecular weight excluding hydrogens is 304 g/mol. The van der Waals surface area contributed by atoms with E-state index in [2.05, 4.69) is 10.0 Å². The van der Waals surface area contributed by atoms with E-state index in [0.717, 1.165) is 17.4 Å². The zero-order valence-electron chi connectivity index (χ0n) is 12.7. The molecule has 22 heavy (non-hydrogen) atoms. The summed E-state index contributed by atoms with van der Waals surface area (Å²) in [5, 5.41) is 3.46. The molecule has 0 bridgehead atoms. The van der Waals surface area contributed by atoms with Crippen molar-refractivity contribution in [1.82, 2.24) is 10.0 Å². The van der Waals surface area contributed by atoms with Gasteiger partial charge in [0.1, 0.15) is 5.58 Å². The van der Waals surface area contributed by atoms with E-state index in [9.17, 15) is 13.2 Å². The van der Waals surface area contributed by atoms with E-state index in [0.29, 0.717) is 25.1 Å². The average Bonchev–Trinajstić information content (AvgIpc) is 2.87. The van der Waals surface area contributed by atoms with Crippen molar-refractivity contribution in [1.29, 1.82) is 0 Å². The van der Waals surface area contributed by atoms with Gasteiger partial charge in [-0.15, -0.1) is 0 Å². The molecule has 1 aromatic heterocycles. The predicted molar refractivity (Wildman–Crippen MR) is 84.1 cm³/mol. The number of carbonyl (C=O) groups is 1. The Labute approximate surface area is 129 Å². The normalized spacial score (nSPS) is 11.7. The van der Waals surface area contributed by atoms with Crippen LogP contribution in [0.25, 0.3) is 11.0 Å². The molecule has 120 valence electrons. The smallest absolute Gasteiger partial charge is 0.240 e. The maximum Gasteiger partial charge on any atom is 0.240 e. The van der Waals surface area contributed by atoms with E-state index < -0.39 is 10.0 Å². The summed E-state index contributed by atoms with van der Waals surface area (Å²) in [6, 6.07) is 4.79. The zero-order valence-corrected chi connectivity index (χ0v) is 13.5. The fraction of sp³-hybridized carbons (Fsp3) is 0.400. The van der Waals surface area contributed by atoms with Crippen LogP contribution in [0.2, 0.25) is 0 Å². The number of furan rings is 1. The number of carbonyl (C=O) groups excluding carboxylic acids is 1. The lowest BCUT2D eigenvalue weighted by Crippen LogP contribution is -2.24. The summed E-state index contributed by atoms with van der Waals surface area (Å²) in [5.74, 6) is -0.0974. The Balaban J connectivity index is 2.26. The largest absolute Gasteiger partial charge is 0.464 e. The zero-order chi connectivity index (χ0) is 16.2. The van der Waals surface area contributed by atoms with Crippen molar-refractivity contribution < 1.29 is 17.6 Å². The maximum absolute atomic E-state index is 12.2. The molecule has 2 N–H and O–H groups in total. The molecule has 0 aliphatic heterocycles. The minimum Gasteiger partial charge on any atom is -0.464 e. The molecule has 0 atom stereocenters. The fourth-order valence-electron chi connectivity index (χ4n) is 2.11. The van der Waals surface area contributed by atoms with Crippen molar-refractivity contribution in [3.63, 3.8) is 0 Å². The third-order valence-electron chi connectivity index (χ3n) is 3.25. The number of hydrogen-bond acceptors (Lipinski definition) is 4. The van der Waals surface area contributed by atoms with Crippen LogP contribution >= 0.6 is 0 Å². The molecule has 1 heterocycles. The average molecular weight is 324 g/mol. The van der Waals surface area contributed by atoms with Gasteiger partial charge in [0.05, 0.1) is 11.2 Å². The Morgan fingerprint density at radius 2 is 2.05 bits per heavy atom. The van der Waals surface area contributed by atoms with Gasteiger partial charge in [-0.05, 0) is 36.6 Å². The van der Waals surface area contributed by atoms with Gasteiger partial charge in [-0.3, -0.25) is 4.79 Å². The number of amides is 1. The molecule has 0 saturated heterocycles. The highest BCUT2D eigenvalue weighted by atomic mass is 32.2. The molecule has 0 saturated carbocycles. The number of nitrogens with one attached hydrogen (secondary N) is 2. The lowest BCUT2D eigenvalue weighted by Gasteiger charge is -2.06. The van der Waals surface area contributed by atoms with Gasteiger partial charge in [-0.2, -0.15) is 0 Å². The van der Waals surface area contributed by atoms with Crippen LogP contribution in [0, 0.1) is 0 Å². The van der Waals surface area contributed by atoms with Gasteiger partial charge in [0.15, 0.2) is 0 Å². The first-order valence-corrected chi connectivity index (χ1v) is 8.66. The first-order valence-electron chi connectivity index (χ1n) is 7.18. The van der Waals surface area contributed by atoms with E-state index in [-0.39, 0.29) is 10.8 Å². The molecule has 0 fully saturated rings. The van der Waals surface area contributed by atoms with Gasteiger partial charge in [0.25, 0.3) is 0 Å². The molecule has 1 amide bonds. The molecule has 2 aromatic rings. The second-order valence-corrected chi connectivity index (χ2v) is 6.82. The molecule has 0 radical (unpaired) electrons. The molecule has 6 nitrogen and oxygen atoms in total. The summed E-state index contributed by atoms with van der Waals surface area (Å²) in [6.07, 6.45) is 2.91. The Hall–Kier alpha value is -1.86. The first kappa shape index (κ1) is 16.5. The van der Waals surface area contributed by atoms with E-state index in [4.69, 9.17) is 4.42 Å². The van der Waals surface area contributed by atoms with Gasteiger partial charge in [-0.1, -0.05) is 6.92 Å². The summed E-state index contributed by atoms with van der Waals surface area (Å²) in [7, 11) is -3.50. The van der Waals surface area contributed by atoms with Crippen molar-refractivity contribution in [3.8, 4) is 0 Å². The highest BCUT2D eigenvalue weighted by Crippen LogP contribution is 2.24. The fourth-order valence-corrected chi connectivity index (χ4v) is 3.27. The summed E-state index contributed by atoms with van der Waals surface area (Å²) < 4.78 is 32.3. The molecule has 2 rings (SSSR count). The highest BCUT2D eigenvalue weighted by molar-refractivity contribution is 7.89. The van der Waals surface area contributed by atoms with Gasteiger partial charge in [0.2, 0.25) is 15.9 Å². The SMILES string of the molecule is CCCNS(=O)(=O)c1ccc2occ(CCNC(C)=O)c2c1. The monoisotopic (exact) mass is 324 g/mol. The maximum atomic E-state index is 12.2. The number of rotatable bonds is 7. The second kappa shape index (κ2) is 6.93. The Morgan fingerprint density at radius 1 is 1.27 bits per heavy atom. The van der Waals surface area contributed by atoms with Crippen molar-refractivity contribution in [2.24, 2.45) is 0 Å². The van der Waals surface area contributed by atoms with Crippen molar-refractivity contribution in [3.05, 3.63) is 30.0 Å². The molecule has 0 unspecified atom stereocenters. The summed E-state index contributed by atoms with van der Waals surface area (Å²) in [6.45, 7) is 4.25. The third-order valence-corrected chi connectivity index (χ3v) is 4.70. The van der Waals surface area contributed by atoms with Crippen LogP contribution < -0.4 is 10.0 Å². The topological polar surface area (TPSA) is 88.4 Å². The number of hydrogen-bond donors (Lipinski definition) is 2. The van der Waals surface area contributed by atoms with E-state index in [1.54, 1.807) is 18.4 Å². The molecule has 1 aromatic carbocycles. The van der Waals surface area contributed by atoms with Crippen LogP contribution in [0.1, 0.15) is 25.8 Å². The minimum absolute atomic E-state index is 0.0974. The van der Waals surface area contributed by atoms with Crippen molar-refractivity contribution in [2.45, 2.75) is 31.6 Å². The minimum atomic E-state index is -3.50. The number of benzene rings is 1. The van der Waals surface area contributed by atoms with E-state index in [1.165, 1.54) is 13.0 Å². The van der Waals surface area contributed by atoms with Gasteiger partial charge < -0.3 is 9.73 Å². The van der Waals surface area contributed by atoms with Crippen LogP contribution in [-0.4, -0.2) is 27.4 Å². The van der Waals surface area contributed by atoms with Crippen LogP contribution in [0.15, 0.2) is 33.8 Å².